The fourth-order valence-electron chi connectivity index (χ4n) is 3.84. The quantitative estimate of drug-likeness (QED) is 0.831. The van der Waals surface area contributed by atoms with E-state index in [2.05, 4.69) is 39.1 Å². The van der Waals surface area contributed by atoms with E-state index in [0.717, 1.165) is 64.4 Å². The highest BCUT2D eigenvalue weighted by atomic mass is 16.5. The molecule has 2 fully saturated rings. The van der Waals surface area contributed by atoms with Crippen LogP contribution in [0.3, 0.4) is 0 Å². The van der Waals surface area contributed by atoms with Crippen molar-refractivity contribution in [2.24, 2.45) is 0 Å². The highest BCUT2D eigenvalue weighted by Crippen LogP contribution is 2.22. The van der Waals surface area contributed by atoms with Crippen molar-refractivity contribution in [3.63, 3.8) is 0 Å². The zero-order valence-electron chi connectivity index (χ0n) is 16.1. The van der Waals surface area contributed by atoms with Crippen molar-refractivity contribution in [2.75, 3.05) is 64.4 Å². The highest BCUT2D eigenvalue weighted by molar-refractivity contribution is 5.78. The molecule has 2 saturated heterocycles. The van der Waals surface area contributed by atoms with Crippen LogP contribution in [0.15, 0.2) is 24.3 Å². The predicted octanol–water partition coefficient (Wildman–Crippen LogP) is 1.42. The molecule has 2 aliphatic rings. The van der Waals surface area contributed by atoms with Crippen molar-refractivity contribution >= 4 is 11.6 Å². The lowest BCUT2D eigenvalue weighted by molar-refractivity contribution is -0.123. The number of piperidine rings is 1. The first-order valence-corrected chi connectivity index (χ1v) is 9.81. The van der Waals surface area contributed by atoms with E-state index >= 15 is 0 Å². The van der Waals surface area contributed by atoms with E-state index in [1.165, 1.54) is 5.69 Å². The molecule has 26 heavy (non-hydrogen) atoms. The summed E-state index contributed by atoms with van der Waals surface area (Å²) in [6.45, 7) is 9.73. The Labute approximate surface area is 157 Å². The Bertz CT molecular complexity index is 579. The van der Waals surface area contributed by atoms with Gasteiger partial charge in [-0.1, -0.05) is 13.0 Å². The lowest BCUT2D eigenvalue weighted by atomic mass is 10.1. The number of methoxy groups -OCH3 is 1. The molecule has 2 aliphatic heterocycles. The Morgan fingerprint density at radius 3 is 2.50 bits per heavy atom. The number of nitrogens with one attached hydrogen (secondary N) is 1. The molecule has 0 bridgehead atoms. The van der Waals surface area contributed by atoms with Crippen molar-refractivity contribution < 1.29 is 9.53 Å². The fourth-order valence-corrected chi connectivity index (χ4v) is 3.84. The number of piperazine rings is 1. The maximum Gasteiger partial charge on any atom is 0.234 e. The SMILES string of the molecule is CCN1CCC(NC(=O)CN2CCN(c3cccc(OC)c3)CC2)CC1. The van der Waals surface area contributed by atoms with Crippen LogP contribution in [0.4, 0.5) is 5.69 Å². The average molecular weight is 361 g/mol. The number of likely N-dealkylation sites (tertiary alicyclic amines) is 1. The van der Waals surface area contributed by atoms with Gasteiger partial charge in [0, 0.05) is 57.1 Å². The summed E-state index contributed by atoms with van der Waals surface area (Å²) in [5.41, 5.74) is 1.19. The van der Waals surface area contributed by atoms with E-state index in [0.29, 0.717) is 12.6 Å². The molecule has 1 N–H and O–H groups in total. The van der Waals surface area contributed by atoms with Gasteiger partial charge in [0.05, 0.1) is 13.7 Å². The summed E-state index contributed by atoms with van der Waals surface area (Å²) in [6, 6.07) is 8.54. The van der Waals surface area contributed by atoms with Gasteiger partial charge in [-0.15, -0.1) is 0 Å². The number of hydrogen-bond donors (Lipinski definition) is 1. The zero-order chi connectivity index (χ0) is 18.4. The Morgan fingerprint density at radius 2 is 1.85 bits per heavy atom. The molecule has 2 heterocycles. The lowest BCUT2D eigenvalue weighted by Gasteiger charge is -2.36. The molecule has 6 nitrogen and oxygen atoms in total. The molecule has 0 aromatic heterocycles. The summed E-state index contributed by atoms with van der Waals surface area (Å²) in [4.78, 5) is 19.4. The Hall–Kier alpha value is -1.79. The van der Waals surface area contributed by atoms with Gasteiger partial charge in [-0.2, -0.15) is 0 Å². The molecule has 0 unspecified atom stereocenters. The standard InChI is InChI=1S/C20H32N4O2/c1-3-22-9-7-17(8-10-22)21-20(25)16-23-11-13-24(14-12-23)18-5-4-6-19(15-18)26-2/h4-6,15,17H,3,7-14,16H2,1-2H3,(H,21,25). The third-order valence-corrected chi connectivity index (χ3v) is 5.56. The van der Waals surface area contributed by atoms with Crippen molar-refractivity contribution in [2.45, 2.75) is 25.8 Å². The maximum atomic E-state index is 12.4. The summed E-state index contributed by atoms with van der Waals surface area (Å²) in [5, 5.41) is 3.23. The minimum Gasteiger partial charge on any atom is -0.497 e. The van der Waals surface area contributed by atoms with Crippen molar-refractivity contribution in [1.82, 2.24) is 15.1 Å². The average Bonchev–Trinajstić information content (AvgIpc) is 2.69. The molecular weight excluding hydrogens is 328 g/mol. The van der Waals surface area contributed by atoms with Gasteiger partial charge in [0.1, 0.15) is 5.75 Å². The van der Waals surface area contributed by atoms with E-state index in [9.17, 15) is 4.79 Å². The summed E-state index contributed by atoms with van der Waals surface area (Å²) >= 11 is 0. The number of hydrogen-bond acceptors (Lipinski definition) is 5. The Balaban J connectivity index is 1.40. The smallest absolute Gasteiger partial charge is 0.234 e. The Morgan fingerprint density at radius 1 is 1.12 bits per heavy atom. The van der Waals surface area contributed by atoms with Crippen LogP contribution in [-0.4, -0.2) is 81.2 Å². The van der Waals surface area contributed by atoms with Crippen LogP contribution in [0.25, 0.3) is 0 Å². The molecule has 0 saturated carbocycles. The molecule has 1 amide bonds. The van der Waals surface area contributed by atoms with Crippen molar-refractivity contribution in [3.8, 4) is 5.75 Å². The van der Waals surface area contributed by atoms with Gasteiger partial charge in [-0.25, -0.2) is 0 Å². The van der Waals surface area contributed by atoms with Gasteiger partial charge in [0.15, 0.2) is 0 Å². The maximum absolute atomic E-state index is 12.4. The summed E-state index contributed by atoms with van der Waals surface area (Å²) in [5.74, 6) is 1.06. The number of anilines is 1. The molecule has 0 atom stereocenters. The lowest BCUT2D eigenvalue weighted by Crippen LogP contribution is -2.51. The number of rotatable bonds is 6. The van der Waals surface area contributed by atoms with E-state index in [1.54, 1.807) is 7.11 Å². The van der Waals surface area contributed by atoms with E-state index in [1.807, 2.05) is 12.1 Å². The second kappa shape index (κ2) is 9.24. The summed E-state index contributed by atoms with van der Waals surface area (Å²) in [7, 11) is 1.70. The van der Waals surface area contributed by atoms with Gasteiger partial charge in [0.25, 0.3) is 0 Å². The van der Waals surface area contributed by atoms with E-state index in [-0.39, 0.29) is 5.91 Å². The van der Waals surface area contributed by atoms with Crippen molar-refractivity contribution in [1.29, 1.82) is 0 Å². The molecule has 3 rings (SSSR count). The predicted molar refractivity (Wildman–Crippen MR) is 105 cm³/mol. The first kappa shape index (κ1) is 19.0. The number of ether oxygens (including phenoxy) is 1. The van der Waals surface area contributed by atoms with Crippen LogP contribution in [0, 0.1) is 0 Å². The number of benzene rings is 1. The third-order valence-electron chi connectivity index (χ3n) is 5.56. The van der Waals surface area contributed by atoms with Gasteiger partial charge in [-0.3, -0.25) is 9.69 Å². The second-order valence-electron chi connectivity index (χ2n) is 7.24. The summed E-state index contributed by atoms with van der Waals surface area (Å²) in [6.07, 6.45) is 2.15. The second-order valence-corrected chi connectivity index (χ2v) is 7.24. The van der Waals surface area contributed by atoms with Crippen molar-refractivity contribution in [3.05, 3.63) is 24.3 Å². The minimum atomic E-state index is 0.176. The molecule has 0 spiro atoms. The topological polar surface area (TPSA) is 48.1 Å². The Kier molecular flexibility index (Phi) is 6.74. The first-order valence-electron chi connectivity index (χ1n) is 9.81. The van der Waals surface area contributed by atoms with E-state index < -0.39 is 0 Å². The molecule has 144 valence electrons. The largest absolute Gasteiger partial charge is 0.497 e. The fraction of sp³-hybridized carbons (Fsp3) is 0.650. The highest BCUT2D eigenvalue weighted by Gasteiger charge is 2.23. The van der Waals surface area contributed by atoms with Gasteiger partial charge in [-0.05, 0) is 31.5 Å². The van der Waals surface area contributed by atoms with Crippen LogP contribution in [0.5, 0.6) is 5.75 Å². The van der Waals surface area contributed by atoms with Crippen LogP contribution in [0.1, 0.15) is 19.8 Å². The van der Waals surface area contributed by atoms with Crippen LogP contribution in [-0.2, 0) is 4.79 Å². The van der Waals surface area contributed by atoms with Gasteiger partial charge < -0.3 is 19.9 Å². The number of carbonyl (C=O) groups excluding carboxylic acids is 1. The molecular formula is C20H32N4O2. The molecule has 0 aliphatic carbocycles. The number of carbonyl (C=O) groups is 1. The van der Waals surface area contributed by atoms with Gasteiger partial charge in [0.2, 0.25) is 5.91 Å². The first-order chi connectivity index (χ1) is 12.7. The van der Waals surface area contributed by atoms with Gasteiger partial charge >= 0.3 is 0 Å². The molecule has 1 aromatic carbocycles. The third kappa shape index (κ3) is 5.11. The number of nitrogens with zero attached hydrogens (tertiary/aromatic N) is 3. The molecule has 1 aromatic rings. The van der Waals surface area contributed by atoms with E-state index in [4.69, 9.17) is 4.74 Å². The van der Waals surface area contributed by atoms with Crippen LogP contribution in [0.2, 0.25) is 0 Å². The van der Waals surface area contributed by atoms with Crippen LogP contribution < -0.4 is 15.0 Å². The molecule has 6 heteroatoms. The van der Waals surface area contributed by atoms with Crippen LogP contribution >= 0.6 is 0 Å². The zero-order valence-corrected chi connectivity index (χ0v) is 16.1. The monoisotopic (exact) mass is 360 g/mol. The normalized spacial score (nSPS) is 20.2. The minimum absolute atomic E-state index is 0.176. The molecule has 0 radical (unpaired) electrons. The number of amides is 1. The summed E-state index contributed by atoms with van der Waals surface area (Å²) < 4.78 is 5.31.